The van der Waals surface area contributed by atoms with Gasteiger partial charge in [0, 0.05) is 36.5 Å². The van der Waals surface area contributed by atoms with E-state index in [1.807, 2.05) is 90.0 Å². The summed E-state index contributed by atoms with van der Waals surface area (Å²) in [6, 6.07) is 31.3. The molecule has 3 aromatic carbocycles. The average Bonchev–Trinajstić information content (AvgIpc) is 4.19. The molecule has 0 spiro atoms. The van der Waals surface area contributed by atoms with Crippen LogP contribution in [0.4, 0.5) is 15.5 Å². The van der Waals surface area contributed by atoms with Crippen LogP contribution in [0.3, 0.4) is 0 Å². The fourth-order valence-corrected chi connectivity index (χ4v) is 7.36. The molecule has 0 bridgehead atoms. The quantitative estimate of drug-likeness (QED) is 0.0583. The molecule has 0 amide bonds. The fourth-order valence-electron chi connectivity index (χ4n) is 5.18. The monoisotopic (exact) mass is 1300 g/mol. The van der Waals surface area contributed by atoms with Crippen LogP contribution in [0.1, 0.15) is 83.5 Å². The Morgan fingerprint density at radius 2 is 0.947 bits per heavy atom. The van der Waals surface area contributed by atoms with E-state index in [-0.39, 0.29) is 72.5 Å². The number of benzene rings is 3. The first kappa shape index (κ1) is 79.0. The Balaban J connectivity index is -0.000000397. The minimum Gasteiger partial charge on any atom is -1.00 e. The molecule has 29 heteroatoms. The Hall–Kier alpha value is -3.46. The molecule has 0 radical (unpaired) electrons. The summed E-state index contributed by atoms with van der Waals surface area (Å²) in [7, 11) is -22.2. The number of nitrogens with one attached hydrogen (secondary N) is 1. The van der Waals surface area contributed by atoms with Crippen molar-refractivity contribution in [2.75, 3.05) is 0 Å². The number of rotatable bonds is 13. The summed E-state index contributed by atoms with van der Waals surface area (Å²) in [4.78, 5) is 8.01. The first-order chi connectivity index (χ1) is 34.8. The van der Waals surface area contributed by atoms with Gasteiger partial charge in [0.1, 0.15) is 37.9 Å². The molecule has 76 heavy (non-hydrogen) atoms. The second-order valence-corrected chi connectivity index (χ2v) is 19.2. The molecule has 4 aromatic heterocycles. The van der Waals surface area contributed by atoms with Crippen LogP contribution in [-0.2, 0) is 86.2 Å². The second kappa shape index (κ2) is 44.4. The van der Waals surface area contributed by atoms with E-state index >= 15 is 0 Å². The molecule has 0 unspecified atom stereocenters. The summed E-state index contributed by atoms with van der Waals surface area (Å²) >= 11 is 3.36. The molecule has 18 nitrogen and oxygen atoms in total. The van der Waals surface area contributed by atoms with Crippen molar-refractivity contribution in [3.8, 4) is 0 Å². The van der Waals surface area contributed by atoms with E-state index in [2.05, 4.69) is 186 Å². The maximum atomic E-state index is 11.1. The second-order valence-electron chi connectivity index (χ2n) is 13.9. The molecule has 7 rings (SSSR count). The van der Waals surface area contributed by atoms with Gasteiger partial charge in [0.05, 0.1) is 31.4 Å². The zero-order valence-electron chi connectivity index (χ0n) is 44.6. The van der Waals surface area contributed by atoms with Crippen LogP contribution in [0.2, 0.25) is 0 Å². The minimum absolute atomic E-state index is 0. The van der Waals surface area contributed by atoms with Gasteiger partial charge in [-0.1, -0.05) is 147 Å². The number of aryl methyl sites for hydroxylation is 6. The summed E-state index contributed by atoms with van der Waals surface area (Å²) in [6.45, 7) is 26.5. The third kappa shape index (κ3) is 44.5. The first-order valence-corrected chi connectivity index (χ1v) is 29.4. The summed E-state index contributed by atoms with van der Waals surface area (Å²) in [5.41, 5.74) is 6.32. The molecule has 0 saturated heterocycles. The summed E-state index contributed by atoms with van der Waals surface area (Å²) in [5.74, 6) is 0. The first-order valence-electron chi connectivity index (χ1n) is 22.8. The van der Waals surface area contributed by atoms with Gasteiger partial charge in [0.25, 0.3) is 0 Å². The largest absolute Gasteiger partial charge is 1.00 e. The van der Waals surface area contributed by atoms with Crippen molar-refractivity contribution in [2.45, 2.75) is 114 Å². The number of alkyl halides is 1. The van der Waals surface area contributed by atoms with Crippen molar-refractivity contribution < 1.29 is 127 Å². The van der Waals surface area contributed by atoms with Gasteiger partial charge in [-0.2, -0.15) is 16.8 Å². The van der Waals surface area contributed by atoms with Gasteiger partial charge in [-0.05, 0) is 58.2 Å². The van der Waals surface area contributed by atoms with E-state index in [1.165, 1.54) is 22.4 Å². The Labute approximate surface area is 510 Å². The Morgan fingerprint density at radius 1 is 0.579 bits per heavy atom. The van der Waals surface area contributed by atoms with Gasteiger partial charge in [-0.3, -0.25) is 0 Å². The average molecular weight is 1310 g/mol. The van der Waals surface area contributed by atoms with Gasteiger partial charge < -0.3 is 30.2 Å². The van der Waals surface area contributed by atoms with Crippen LogP contribution in [0.5, 0.6) is 0 Å². The van der Waals surface area contributed by atoms with Crippen molar-refractivity contribution in [3.05, 3.63) is 186 Å². The van der Waals surface area contributed by atoms with Crippen LogP contribution in [0.25, 0.3) is 4.13 Å². The molecule has 4 heterocycles. The minimum atomic E-state index is -5.62. The molecule has 0 aliphatic heterocycles. The molecule has 0 fully saturated rings. The number of imidazole rings is 4. The fraction of sp³-hybridized carbons (Fsp3) is 0.362. The Bertz CT molecular complexity index is 2780. The van der Waals surface area contributed by atoms with Crippen LogP contribution in [0, 0.1) is 13.8 Å². The third-order valence-electron chi connectivity index (χ3n) is 8.40. The van der Waals surface area contributed by atoms with E-state index in [0.717, 1.165) is 54.4 Å². The van der Waals surface area contributed by atoms with Crippen LogP contribution in [-0.4, -0.2) is 61.9 Å². The van der Waals surface area contributed by atoms with Crippen LogP contribution >= 0.6 is 15.9 Å². The Morgan fingerprint density at radius 3 is 1.13 bits per heavy atom. The van der Waals surface area contributed by atoms with Crippen molar-refractivity contribution >= 4 is 57.6 Å². The van der Waals surface area contributed by atoms with Gasteiger partial charge in [-0.15, -0.1) is 7.77 Å². The predicted molar refractivity (Wildman–Crippen MR) is 285 cm³/mol. The van der Waals surface area contributed by atoms with Gasteiger partial charge in [-0.25, -0.2) is 45.1 Å². The third-order valence-corrected chi connectivity index (χ3v) is 12.1. The summed E-state index contributed by atoms with van der Waals surface area (Å²) in [6.07, 6.45) is 20.3. The maximum Gasteiger partial charge on any atom is 1.00 e. The zero-order valence-corrected chi connectivity index (χ0v) is 54.1. The molecule has 422 valence electrons. The van der Waals surface area contributed by atoms with Crippen LogP contribution in [0.15, 0.2) is 153 Å². The summed E-state index contributed by atoms with van der Waals surface area (Å²) < 4.78 is 132. The number of hydrogen-bond acceptors (Lipinski definition) is 10. The number of aromatic nitrogens is 8. The summed E-state index contributed by atoms with van der Waals surface area (Å²) in [5, 5.41) is 0.952. The molecule has 0 saturated carbocycles. The number of halogens is 6. The smallest absolute Gasteiger partial charge is 1.00 e. The van der Waals surface area contributed by atoms with E-state index < -0.39 is 41.6 Å². The van der Waals surface area contributed by atoms with Gasteiger partial charge in [0.2, 0.25) is 33.5 Å². The normalized spacial score (nSPS) is 10.2. The maximum absolute atomic E-state index is 11.1. The van der Waals surface area contributed by atoms with Crippen molar-refractivity contribution in [1.29, 1.82) is 0 Å². The van der Waals surface area contributed by atoms with E-state index in [4.69, 9.17) is 0 Å². The van der Waals surface area contributed by atoms with Crippen molar-refractivity contribution in [1.82, 2.24) is 32.4 Å². The Kier molecular flexibility index (Phi) is 46.2. The predicted octanol–water partition coefficient (Wildman–Crippen LogP) is 3.55. The molecule has 0 aliphatic rings. The molecular formula is C47H70Br2F4KN10O8S4+. The number of hydrogen-bond donors (Lipinski definition) is 1. The van der Waals surface area contributed by atoms with E-state index in [9.17, 15) is 49.2 Å². The van der Waals surface area contributed by atoms with Crippen molar-refractivity contribution in [2.24, 2.45) is 0 Å². The molecule has 0 atom stereocenters. The standard InChI is InChI=1S/2C12H15N2.C7H7Br.2C6H10N2.2C2H6.BrH.F2HNO4S2.F2NO4S2.K/c2*1-2-13-8-9-14(11-13)10-12-6-4-3-5-7-12;8-6-7-4-2-1-3-5-7;1-3-8-4-6(2)7-5-8;1-3-8-5-7-4-6(8)2;2*1-2;;2*1-8(4,5)3-9(2,6)7;/h2*3-9,11H,2,10H2,1H3;1-5H,6H2;2*4-5H,3H2,1-2H3;2*1-2H3;1H;3H;;/q2*+1;;;;;;;;-1;+1/p-1. The zero-order chi connectivity index (χ0) is 56.8. The van der Waals surface area contributed by atoms with Crippen LogP contribution < -0.4 is 81.6 Å². The topological polar surface area (TPSA) is 216 Å². The molecule has 1 N–H and O–H groups in total. The van der Waals surface area contributed by atoms with Crippen molar-refractivity contribution in [3.63, 3.8) is 0 Å². The molecular weight excluding hydrogens is 1240 g/mol. The van der Waals surface area contributed by atoms with Gasteiger partial charge in [0.15, 0.2) is 0 Å². The van der Waals surface area contributed by atoms with E-state index in [1.54, 1.807) is 0 Å². The molecule has 0 aliphatic carbocycles. The molecule has 7 aromatic rings. The number of nitrogens with zero attached hydrogens (tertiary/aromatic N) is 9. The van der Waals surface area contributed by atoms with E-state index in [0.29, 0.717) is 0 Å². The van der Waals surface area contributed by atoms with Gasteiger partial charge >= 0.3 is 72.2 Å². The SMILES string of the molecule is BrCc1ccccc1.CC.CC.CCn1cc[n+](Cc2ccccc2)c1.CCn1cc[n+](Cc2ccccc2)c1.CCn1cnc(C)c1.CCn1cncc1C.O=S(=O)(F)NS(=O)(=O)F.O=S(=O)(F)[N-]S(=O)(=O)F.[Br-].[K+].